The zero-order chi connectivity index (χ0) is 16.3. The maximum absolute atomic E-state index is 5.65. The second-order valence-corrected chi connectivity index (χ2v) is 4.83. The molecule has 7 heteroatoms. The minimum atomic E-state index is 0. The van der Waals surface area contributed by atoms with Crippen LogP contribution in [0.2, 0.25) is 0 Å². The van der Waals surface area contributed by atoms with Gasteiger partial charge in [0, 0.05) is 38.1 Å². The maximum atomic E-state index is 5.65. The van der Waals surface area contributed by atoms with E-state index in [0.717, 1.165) is 30.4 Å². The summed E-state index contributed by atoms with van der Waals surface area (Å²) in [4.78, 5) is 4.22. The smallest absolute Gasteiger partial charge is 0.191 e. The van der Waals surface area contributed by atoms with Crippen molar-refractivity contribution in [2.45, 2.75) is 13.1 Å². The lowest BCUT2D eigenvalue weighted by Gasteiger charge is -2.14. The molecule has 2 N–H and O–H groups in total. The van der Waals surface area contributed by atoms with Crippen molar-refractivity contribution in [1.29, 1.82) is 0 Å². The van der Waals surface area contributed by atoms with Crippen LogP contribution in [0.1, 0.15) is 5.56 Å². The van der Waals surface area contributed by atoms with Crippen molar-refractivity contribution in [3.8, 4) is 5.75 Å². The number of guanidine groups is 1. The fraction of sp³-hybridized carbons (Fsp3) is 0.294. The predicted molar refractivity (Wildman–Crippen MR) is 108 cm³/mol. The number of rotatable bonds is 8. The van der Waals surface area contributed by atoms with Gasteiger partial charge in [0.2, 0.25) is 0 Å². The van der Waals surface area contributed by atoms with Crippen molar-refractivity contribution in [1.82, 2.24) is 20.4 Å². The summed E-state index contributed by atoms with van der Waals surface area (Å²) in [6, 6.07) is 9.84. The van der Waals surface area contributed by atoms with Crippen LogP contribution in [0.4, 0.5) is 0 Å². The first kappa shape index (κ1) is 20.0. The van der Waals surface area contributed by atoms with E-state index in [9.17, 15) is 0 Å². The van der Waals surface area contributed by atoms with Gasteiger partial charge in [-0.05, 0) is 12.1 Å². The summed E-state index contributed by atoms with van der Waals surface area (Å²) in [5.41, 5.74) is 1.07. The topological polar surface area (TPSA) is 63.5 Å². The number of aromatic nitrogens is 2. The molecule has 1 heterocycles. The van der Waals surface area contributed by atoms with Gasteiger partial charge in [-0.1, -0.05) is 30.9 Å². The number of para-hydroxylation sites is 1. The monoisotopic (exact) mass is 441 g/mol. The van der Waals surface area contributed by atoms with Crippen molar-refractivity contribution in [2.75, 3.05) is 20.2 Å². The average molecular weight is 441 g/mol. The Hall–Kier alpha value is -2.03. The number of aliphatic imine (C=N–C) groups is 1. The van der Waals surface area contributed by atoms with E-state index in [-0.39, 0.29) is 24.0 Å². The molecule has 0 atom stereocenters. The lowest BCUT2D eigenvalue weighted by molar-refractivity contribution is 0.358. The molecule has 24 heavy (non-hydrogen) atoms. The summed E-state index contributed by atoms with van der Waals surface area (Å²) >= 11 is 0. The highest BCUT2D eigenvalue weighted by molar-refractivity contribution is 14.0. The lowest BCUT2D eigenvalue weighted by atomic mass is 10.2. The van der Waals surface area contributed by atoms with Crippen LogP contribution < -0.4 is 15.4 Å². The number of nitrogens with zero attached hydrogens (tertiary/aromatic N) is 3. The van der Waals surface area contributed by atoms with E-state index in [4.69, 9.17) is 4.74 Å². The van der Waals surface area contributed by atoms with Crippen LogP contribution in [0.3, 0.4) is 0 Å². The highest BCUT2D eigenvalue weighted by Crippen LogP contribution is 2.17. The number of ether oxygens (including phenoxy) is 1. The van der Waals surface area contributed by atoms with E-state index < -0.39 is 0 Å². The number of nitrogens with one attached hydrogen (secondary N) is 2. The summed E-state index contributed by atoms with van der Waals surface area (Å²) < 4.78 is 7.53. The minimum Gasteiger partial charge on any atom is -0.489 e. The molecule has 0 fully saturated rings. The minimum absolute atomic E-state index is 0. The Labute approximate surface area is 160 Å². The van der Waals surface area contributed by atoms with Gasteiger partial charge in [-0.15, -0.1) is 24.0 Å². The first-order valence-electron chi connectivity index (χ1n) is 7.57. The summed E-state index contributed by atoms with van der Waals surface area (Å²) in [5.74, 6) is 1.60. The Kier molecular flexibility index (Phi) is 9.59. The van der Waals surface area contributed by atoms with Gasteiger partial charge in [0.05, 0.1) is 6.54 Å². The van der Waals surface area contributed by atoms with Crippen LogP contribution in [-0.4, -0.2) is 35.9 Å². The zero-order valence-electron chi connectivity index (χ0n) is 13.8. The van der Waals surface area contributed by atoms with Crippen LogP contribution in [0.25, 0.3) is 0 Å². The normalized spacial score (nSPS) is 10.6. The van der Waals surface area contributed by atoms with Gasteiger partial charge in [0.25, 0.3) is 0 Å². The molecule has 0 aliphatic rings. The van der Waals surface area contributed by atoms with Gasteiger partial charge >= 0.3 is 0 Å². The Balaban J connectivity index is 0.00000288. The van der Waals surface area contributed by atoms with Gasteiger partial charge < -0.3 is 15.4 Å². The van der Waals surface area contributed by atoms with Crippen molar-refractivity contribution >= 4 is 29.9 Å². The fourth-order valence-electron chi connectivity index (χ4n) is 2.06. The summed E-state index contributed by atoms with van der Waals surface area (Å²) in [7, 11) is 1.75. The highest BCUT2D eigenvalue weighted by atomic mass is 127. The molecule has 0 saturated heterocycles. The zero-order valence-corrected chi connectivity index (χ0v) is 16.1. The van der Waals surface area contributed by atoms with E-state index in [0.29, 0.717) is 13.2 Å². The Morgan fingerprint density at radius 1 is 1.33 bits per heavy atom. The third kappa shape index (κ3) is 6.61. The fourth-order valence-corrected chi connectivity index (χ4v) is 2.06. The van der Waals surface area contributed by atoms with Crippen LogP contribution in [0.15, 0.2) is 60.4 Å². The Bertz CT molecular complexity index is 628. The molecule has 0 bridgehead atoms. The van der Waals surface area contributed by atoms with Gasteiger partial charge in [0.1, 0.15) is 12.4 Å². The van der Waals surface area contributed by atoms with Gasteiger partial charge in [-0.3, -0.25) is 9.67 Å². The van der Waals surface area contributed by atoms with Gasteiger partial charge in [-0.25, -0.2) is 0 Å². The van der Waals surface area contributed by atoms with Gasteiger partial charge in [-0.2, -0.15) is 5.10 Å². The summed E-state index contributed by atoms with van der Waals surface area (Å²) in [6.07, 6.45) is 5.44. The standard InChI is InChI=1S/C17H23N5O.HI/c1-3-13-23-16-8-5-4-7-15(16)14-20-17(18-2)19-10-12-22-11-6-9-21-22;/h3-9,11H,1,10,12-14H2,2H3,(H2,18,19,20);1H. The van der Waals surface area contributed by atoms with Crippen LogP contribution >= 0.6 is 24.0 Å². The van der Waals surface area contributed by atoms with E-state index in [2.05, 4.69) is 27.3 Å². The highest BCUT2D eigenvalue weighted by Gasteiger charge is 2.04. The first-order chi connectivity index (χ1) is 11.3. The molecule has 1 aromatic heterocycles. The Morgan fingerprint density at radius 2 is 2.17 bits per heavy atom. The van der Waals surface area contributed by atoms with E-state index >= 15 is 0 Å². The number of halogens is 1. The van der Waals surface area contributed by atoms with E-state index in [1.54, 1.807) is 19.3 Å². The number of hydrogen-bond acceptors (Lipinski definition) is 3. The van der Waals surface area contributed by atoms with Crippen molar-refractivity contribution in [3.05, 3.63) is 60.9 Å². The molecule has 0 unspecified atom stereocenters. The Morgan fingerprint density at radius 3 is 2.88 bits per heavy atom. The predicted octanol–water partition coefficient (Wildman–Crippen LogP) is 2.43. The van der Waals surface area contributed by atoms with Crippen molar-refractivity contribution in [3.63, 3.8) is 0 Å². The molecule has 130 valence electrons. The summed E-state index contributed by atoms with van der Waals surface area (Å²) in [5, 5.41) is 10.7. The van der Waals surface area contributed by atoms with E-state index in [1.807, 2.05) is 41.2 Å². The second kappa shape index (κ2) is 11.5. The van der Waals surface area contributed by atoms with Crippen LogP contribution in [0.5, 0.6) is 5.75 Å². The molecule has 1 aromatic carbocycles. The number of benzene rings is 1. The molecule has 0 radical (unpaired) electrons. The summed E-state index contributed by atoms with van der Waals surface area (Å²) in [6.45, 7) is 6.33. The third-order valence-electron chi connectivity index (χ3n) is 3.19. The largest absolute Gasteiger partial charge is 0.489 e. The SMILES string of the molecule is C=CCOc1ccccc1CNC(=NC)NCCn1cccn1.I. The quantitative estimate of drug-likeness (QED) is 0.286. The molecule has 2 rings (SSSR count). The third-order valence-corrected chi connectivity index (χ3v) is 3.19. The molecule has 0 aliphatic carbocycles. The van der Waals surface area contributed by atoms with Crippen LogP contribution in [0, 0.1) is 0 Å². The molecule has 6 nitrogen and oxygen atoms in total. The maximum Gasteiger partial charge on any atom is 0.191 e. The van der Waals surface area contributed by atoms with Crippen molar-refractivity contribution in [2.24, 2.45) is 4.99 Å². The molecular formula is C17H24IN5O. The molecular weight excluding hydrogens is 417 g/mol. The van der Waals surface area contributed by atoms with Crippen molar-refractivity contribution < 1.29 is 4.74 Å². The molecule has 2 aromatic rings. The number of hydrogen-bond donors (Lipinski definition) is 2. The second-order valence-electron chi connectivity index (χ2n) is 4.83. The molecule has 0 saturated carbocycles. The lowest BCUT2D eigenvalue weighted by Crippen LogP contribution is -2.38. The average Bonchev–Trinajstić information content (AvgIpc) is 3.10. The van der Waals surface area contributed by atoms with E-state index in [1.165, 1.54) is 0 Å². The van der Waals surface area contributed by atoms with Gasteiger partial charge in [0.15, 0.2) is 5.96 Å². The van der Waals surface area contributed by atoms with Crippen LogP contribution in [-0.2, 0) is 13.1 Å². The molecule has 0 aliphatic heterocycles. The first-order valence-corrected chi connectivity index (χ1v) is 7.57. The molecule has 0 amide bonds. The molecule has 0 spiro atoms.